The molecule has 0 aliphatic heterocycles. The fourth-order valence-corrected chi connectivity index (χ4v) is 1.76. The van der Waals surface area contributed by atoms with Crippen LogP contribution in [-0.2, 0) is 11.2 Å². The number of ether oxygens (including phenoxy) is 1. The van der Waals surface area contributed by atoms with Crippen molar-refractivity contribution in [3.05, 3.63) is 28.8 Å². The molecule has 0 aliphatic rings. The first-order valence-electron chi connectivity index (χ1n) is 5.45. The highest BCUT2D eigenvalue weighted by Crippen LogP contribution is 2.23. The molecule has 1 aromatic rings. The predicted molar refractivity (Wildman–Crippen MR) is 68.1 cm³/mol. The van der Waals surface area contributed by atoms with Crippen LogP contribution >= 0.6 is 11.6 Å². The molecule has 2 N–H and O–H groups in total. The number of hydrogen-bond donors (Lipinski definition) is 2. The molecule has 0 saturated carbocycles. The average molecular weight is 257 g/mol. The summed E-state index contributed by atoms with van der Waals surface area (Å²) in [6.07, 6.45) is 2.02. The van der Waals surface area contributed by atoms with E-state index >= 15 is 0 Å². The van der Waals surface area contributed by atoms with Crippen molar-refractivity contribution in [3.8, 4) is 5.75 Å². The number of amides is 1. The number of hydrogen-bond acceptors (Lipinski definition) is 3. The molecule has 5 heteroatoms. The smallest absolute Gasteiger partial charge is 0.234 e. The topological polar surface area (TPSA) is 50.4 Å². The van der Waals surface area contributed by atoms with Gasteiger partial charge in [0.2, 0.25) is 5.91 Å². The van der Waals surface area contributed by atoms with E-state index in [0.717, 1.165) is 24.2 Å². The van der Waals surface area contributed by atoms with Crippen LogP contribution in [-0.4, -0.2) is 20.1 Å². The SMILES string of the molecule is CNNC(=O)CCCc1ccc(OC)cc1Cl. The third-order valence-corrected chi connectivity index (χ3v) is 2.73. The van der Waals surface area contributed by atoms with Gasteiger partial charge in [-0.2, -0.15) is 0 Å². The molecule has 1 aromatic carbocycles. The van der Waals surface area contributed by atoms with Gasteiger partial charge in [0.15, 0.2) is 0 Å². The van der Waals surface area contributed by atoms with Crippen molar-refractivity contribution in [3.63, 3.8) is 0 Å². The molecular formula is C12H17ClN2O2. The second kappa shape index (κ2) is 7.14. The van der Waals surface area contributed by atoms with Crippen LogP contribution in [0.3, 0.4) is 0 Å². The molecule has 17 heavy (non-hydrogen) atoms. The van der Waals surface area contributed by atoms with Crippen LogP contribution in [0.25, 0.3) is 0 Å². The highest BCUT2D eigenvalue weighted by Gasteiger charge is 2.04. The Hall–Kier alpha value is -1.26. The van der Waals surface area contributed by atoms with Crippen molar-refractivity contribution >= 4 is 17.5 Å². The maximum atomic E-state index is 11.2. The minimum atomic E-state index is -0.0165. The van der Waals surface area contributed by atoms with Crippen LogP contribution < -0.4 is 15.6 Å². The molecule has 0 bridgehead atoms. The number of aryl methyl sites for hydroxylation is 1. The van der Waals surface area contributed by atoms with Crippen LogP contribution in [0.15, 0.2) is 18.2 Å². The number of methoxy groups -OCH3 is 1. The molecule has 0 radical (unpaired) electrons. The third kappa shape index (κ3) is 4.63. The Morgan fingerprint density at radius 2 is 2.24 bits per heavy atom. The summed E-state index contributed by atoms with van der Waals surface area (Å²) in [7, 11) is 3.27. The molecule has 0 atom stereocenters. The number of hydrazine groups is 1. The van der Waals surface area contributed by atoms with E-state index in [-0.39, 0.29) is 5.91 Å². The van der Waals surface area contributed by atoms with Crippen LogP contribution in [0, 0.1) is 0 Å². The fraction of sp³-hybridized carbons (Fsp3) is 0.417. The largest absolute Gasteiger partial charge is 0.497 e. The van der Waals surface area contributed by atoms with Crippen molar-refractivity contribution in [1.82, 2.24) is 10.9 Å². The summed E-state index contributed by atoms with van der Waals surface area (Å²) in [4.78, 5) is 11.2. The average Bonchev–Trinajstić information content (AvgIpc) is 2.31. The van der Waals surface area contributed by atoms with Gasteiger partial charge in [-0.15, -0.1) is 0 Å². The standard InChI is InChI=1S/C12H17ClN2O2/c1-14-15-12(16)5-3-4-9-6-7-10(17-2)8-11(9)13/h6-8,14H,3-5H2,1-2H3,(H,15,16). The Kier molecular flexibility index (Phi) is 5.80. The van der Waals surface area contributed by atoms with Gasteiger partial charge in [-0.25, -0.2) is 5.43 Å². The maximum absolute atomic E-state index is 11.2. The van der Waals surface area contributed by atoms with Gasteiger partial charge in [0.25, 0.3) is 0 Å². The Morgan fingerprint density at radius 3 is 2.82 bits per heavy atom. The second-order valence-corrected chi connectivity index (χ2v) is 4.02. The van der Waals surface area contributed by atoms with E-state index < -0.39 is 0 Å². The van der Waals surface area contributed by atoms with E-state index in [1.54, 1.807) is 20.2 Å². The normalized spacial score (nSPS) is 10.1. The van der Waals surface area contributed by atoms with Crippen LogP contribution in [0.5, 0.6) is 5.75 Å². The van der Waals surface area contributed by atoms with Crippen LogP contribution in [0.1, 0.15) is 18.4 Å². The molecule has 0 saturated heterocycles. The van der Waals surface area contributed by atoms with Crippen molar-refractivity contribution in [2.75, 3.05) is 14.2 Å². The Bertz CT molecular complexity index is 383. The minimum Gasteiger partial charge on any atom is -0.497 e. The Morgan fingerprint density at radius 1 is 1.47 bits per heavy atom. The van der Waals surface area contributed by atoms with Crippen LogP contribution in [0.2, 0.25) is 5.02 Å². The van der Waals surface area contributed by atoms with Gasteiger partial charge in [-0.1, -0.05) is 17.7 Å². The summed E-state index contributed by atoms with van der Waals surface area (Å²) >= 11 is 6.09. The molecule has 0 fully saturated rings. The van der Waals surface area contributed by atoms with Crippen molar-refractivity contribution in [2.24, 2.45) is 0 Å². The van der Waals surface area contributed by atoms with Crippen molar-refractivity contribution in [2.45, 2.75) is 19.3 Å². The van der Waals surface area contributed by atoms with E-state index in [9.17, 15) is 4.79 Å². The van der Waals surface area contributed by atoms with Gasteiger partial charge >= 0.3 is 0 Å². The van der Waals surface area contributed by atoms with Gasteiger partial charge in [0.1, 0.15) is 5.75 Å². The number of benzene rings is 1. The summed E-state index contributed by atoms with van der Waals surface area (Å²) in [5.74, 6) is 0.726. The molecule has 4 nitrogen and oxygen atoms in total. The number of nitrogens with one attached hydrogen (secondary N) is 2. The number of halogens is 1. The molecule has 1 rings (SSSR count). The zero-order valence-corrected chi connectivity index (χ0v) is 10.8. The zero-order valence-electron chi connectivity index (χ0n) is 10.0. The highest BCUT2D eigenvalue weighted by atomic mass is 35.5. The monoisotopic (exact) mass is 256 g/mol. The first-order valence-corrected chi connectivity index (χ1v) is 5.83. The molecule has 0 heterocycles. The lowest BCUT2D eigenvalue weighted by Crippen LogP contribution is -2.33. The molecular weight excluding hydrogens is 240 g/mol. The van der Waals surface area contributed by atoms with E-state index in [1.807, 2.05) is 12.1 Å². The fourth-order valence-electron chi connectivity index (χ4n) is 1.50. The highest BCUT2D eigenvalue weighted by molar-refractivity contribution is 6.31. The quantitative estimate of drug-likeness (QED) is 0.765. The summed E-state index contributed by atoms with van der Waals surface area (Å²) in [6.45, 7) is 0. The lowest BCUT2D eigenvalue weighted by Gasteiger charge is -2.07. The minimum absolute atomic E-state index is 0.0165. The van der Waals surface area contributed by atoms with E-state index in [0.29, 0.717) is 11.4 Å². The van der Waals surface area contributed by atoms with E-state index in [1.165, 1.54) is 0 Å². The predicted octanol–water partition coefficient (Wildman–Crippen LogP) is 1.92. The molecule has 0 spiro atoms. The Labute approximate surface area is 106 Å². The van der Waals surface area contributed by atoms with E-state index in [2.05, 4.69) is 10.9 Å². The van der Waals surface area contributed by atoms with Gasteiger partial charge in [0.05, 0.1) is 7.11 Å². The van der Waals surface area contributed by atoms with Gasteiger partial charge in [0, 0.05) is 18.5 Å². The third-order valence-electron chi connectivity index (χ3n) is 2.37. The number of rotatable bonds is 6. The zero-order chi connectivity index (χ0) is 12.7. The summed E-state index contributed by atoms with van der Waals surface area (Å²) in [5.41, 5.74) is 6.16. The lowest BCUT2D eigenvalue weighted by atomic mass is 10.1. The van der Waals surface area contributed by atoms with Crippen molar-refractivity contribution < 1.29 is 9.53 Å². The molecule has 0 aromatic heterocycles. The second-order valence-electron chi connectivity index (χ2n) is 3.61. The molecule has 0 unspecified atom stereocenters. The summed E-state index contributed by atoms with van der Waals surface area (Å²) in [5, 5.41) is 0.679. The molecule has 0 aliphatic carbocycles. The van der Waals surface area contributed by atoms with Crippen LogP contribution in [0.4, 0.5) is 0 Å². The summed E-state index contributed by atoms with van der Waals surface area (Å²) < 4.78 is 5.07. The maximum Gasteiger partial charge on any atom is 0.234 e. The van der Waals surface area contributed by atoms with Gasteiger partial charge in [-0.3, -0.25) is 10.2 Å². The van der Waals surface area contributed by atoms with Gasteiger partial charge < -0.3 is 4.74 Å². The number of carbonyl (C=O) groups excluding carboxylic acids is 1. The first-order chi connectivity index (χ1) is 8.17. The lowest BCUT2D eigenvalue weighted by molar-refractivity contribution is -0.122. The molecule has 1 amide bonds. The van der Waals surface area contributed by atoms with E-state index in [4.69, 9.17) is 16.3 Å². The first kappa shape index (κ1) is 13.8. The van der Waals surface area contributed by atoms with Crippen molar-refractivity contribution in [1.29, 1.82) is 0 Å². The van der Waals surface area contributed by atoms with Gasteiger partial charge in [-0.05, 0) is 30.5 Å². The molecule has 94 valence electrons. The Balaban J connectivity index is 2.44. The summed E-state index contributed by atoms with van der Waals surface area (Å²) in [6, 6.07) is 5.58. The number of carbonyl (C=O) groups is 1.